The Labute approximate surface area is 63.2 Å². The summed E-state index contributed by atoms with van der Waals surface area (Å²) >= 11 is 0. The minimum absolute atomic E-state index is 0.0810. The topological polar surface area (TPSA) is 23.9 Å². The van der Waals surface area contributed by atoms with Gasteiger partial charge < -0.3 is 5.41 Å². The van der Waals surface area contributed by atoms with Gasteiger partial charge in [0.2, 0.25) is 0 Å². The molecule has 0 fully saturated rings. The zero-order valence-corrected chi connectivity index (χ0v) is 5.72. The first kappa shape index (κ1) is 7.85. The van der Waals surface area contributed by atoms with Gasteiger partial charge in [-0.05, 0) is 0 Å². The highest BCUT2D eigenvalue weighted by Crippen LogP contribution is 2.20. The molecule has 0 spiro atoms. The number of nitrogens with one attached hydrogen (secondary N) is 1. The van der Waals surface area contributed by atoms with Gasteiger partial charge in [0, 0.05) is 17.3 Å². The second kappa shape index (κ2) is 3.23. The molecule has 1 rings (SSSR count). The lowest BCUT2D eigenvalue weighted by Crippen LogP contribution is -1.91. The molecule has 0 aliphatic rings. The number of hydrogen-bond donors (Lipinski definition) is 1. The molecule has 0 aliphatic carbocycles. The number of rotatable bonds is 2. The van der Waals surface area contributed by atoms with Gasteiger partial charge >= 0.3 is 0 Å². The van der Waals surface area contributed by atoms with E-state index >= 15 is 0 Å². The molecule has 0 saturated carbocycles. The van der Waals surface area contributed by atoms with Gasteiger partial charge in [0.15, 0.2) is 0 Å². The van der Waals surface area contributed by atoms with Gasteiger partial charge in [0.1, 0.15) is 0 Å². The van der Waals surface area contributed by atoms with Crippen LogP contribution in [0, 0.1) is 5.41 Å². The zero-order valence-electron chi connectivity index (χ0n) is 5.72. The summed E-state index contributed by atoms with van der Waals surface area (Å²) < 4.78 is 24.2. The van der Waals surface area contributed by atoms with Crippen molar-refractivity contribution in [1.29, 1.82) is 5.41 Å². The van der Waals surface area contributed by atoms with E-state index in [0.717, 1.165) is 6.21 Å². The molecule has 1 aromatic carbocycles. The van der Waals surface area contributed by atoms with Crippen LogP contribution >= 0.6 is 0 Å². The molecule has 3 heteroatoms. The van der Waals surface area contributed by atoms with Gasteiger partial charge in [-0.15, -0.1) is 0 Å². The first-order chi connectivity index (χ1) is 5.25. The highest BCUT2D eigenvalue weighted by Gasteiger charge is 2.09. The first-order valence-corrected chi connectivity index (χ1v) is 3.13. The second-order valence-electron chi connectivity index (χ2n) is 2.07. The molecule has 0 aliphatic heterocycles. The van der Waals surface area contributed by atoms with Crippen molar-refractivity contribution in [3.63, 3.8) is 0 Å². The molecular weight excluding hydrogens is 148 g/mol. The summed E-state index contributed by atoms with van der Waals surface area (Å²) in [5, 5.41) is 6.82. The lowest BCUT2D eigenvalue weighted by atomic mass is 10.1. The third-order valence-corrected chi connectivity index (χ3v) is 1.39. The molecule has 1 aromatic rings. The van der Waals surface area contributed by atoms with Crippen LogP contribution in [0.5, 0.6) is 0 Å². The van der Waals surface area contributed by atoms with Gasteiger partial charge in [-0.1, -0.05) is 24.3 Å². The van der Waals surface area contributed by atoms with E-state index in [1.165, 1.54) is 18.2 Å². The Bertz CT molecular complexity index is 258. The minimum atomic E-state index is -2.49. The van der Waals surface area contributed by atoms with Crippen molar-refractivity contribution in [3.8, 4) is 0 Å². The van der Waals surface area contributed by atoms with E-state index in [-0.39, 0.29) is 11.1 Å². The van der Waals surface area contributed by atoms with Gasteiger partial charge in [0.25, 0.3) is 6.43 Å². The number of alkyl halides is 2. The summed E-state index contributed by atoms with van der Waals surface area (Å²) in [6, 6.07) is 5.99. The van der Waals surface area contributed by atoms with Crippen molar-refractivity contribution in [2.75, 3.05) is 0 Å². The smallest absolute Gasteiger partial charge is 0.264 e. The highest BCUT2D eigenvalue weighted by atomic mass is 19.3. The molecule has 0 atom stereocenters. The molecule has 1 N–H and O–H groups in total. The molecule has 1 nitrogen and oxygen atoms in total. The molecule has 0 radical (unpaired) electrons. The van der Waals surface area contributed by atoms with Crippen LogP contribution in [-0.2, 0) is 0 Å². The van der Waals surface area contributed by atoms with Crippen molar-refractivity contribution in [3.05, 3.63) is 35.4 Å². The maximum atomic E-state index is 12.1. The Morgan fingerprint density at radius 3 is 2.36 bits per heavy atom. The average molecular weight is 155 g/mol. The zero-order chi connectivity index (χ0) is 8.27. The SMILES string of the molecule is N=Cc1ccccc1C(F)F. The van der Waals surface area contributed by atoms with Gasteiger partial charge in [-0.2, -0.15) is 0 Å². The Morgan fingerprint density at radius 1 is 1.27 bits per heavy atom. The molecule has 0 aromatic heterocycles. The standard InChI is InChI=1S/C8H7F2N/c9-8(10)7-4-2-1-3-6(7)5-11/h1-5,8,11H. The predicted octanol–water partition coefficient (Wildman–Crippen LogP) is 2.62. The Morgan fingerprint density at radius 2 is 1.91 bits per heavy atom. The van der Waals surface area contributed by atoms with Gasteiger partial charge in [0.05, 0.1) is 0 Å². The monoisotopic (exact) mass is 155 g/mol. The molecule has 0 saturated heterocycles. The average Bonchev–Trinajstić information content (AvgIpc) is 2.04. The maximum Gasteiger partial charge on any atom is 0.264 e. The predicted molar refractivity (Wildman–Crippen MR) is 39.3 cm³/mol. The van der Waals surface area contributed by atoms with E-state index in [9.17, 15) is 8.78 Å². The fourth-order valence-corrected chi connectivity index (χ4v) is 0.841. The molecule has 11 heavy (non-hydrogen) atoms. The number of benzene rings is 1. The van der Waals surface area contributed by atoms with Crippen LogP contribution in [0.2, 0.25) is 0 Å². The third kappa shape index (κ3) is 1.61. The lowest BCUT2D eigenvalue weighted by molar-refractivity contribution is 0.151. The molecule has 0 heterocycles. The Hall–Kier alpha value is -1.25. The van der Waals surface area contributed by atoms with Crippen LogP contribution in [0.4, 0.5) is 8.78 Å². The van der Waals surface area contributed by atoms with E-state index in [1.807, 2.05) is 0 Å². The molecule has 58 valence electrons. The van der Waals surface area contributed by atoms with Crippen LogP contribution in [0.3, 0.4) is 0 Å². The van der Waals surface area contributed by atoms with E-state index < -0.39 is 6.43 Å². The van der Waals surface area contributed by atoms with Crippen molar-refractivity contribution >= 4 is 6.21 Å². The van der Waals surface area contributed by atoms with Crippen molar-refractivity contribution in [1.82, 2.24) is 0 Å². The van der Waals surface area contributed by atoms with Crippen molar-refractivity contribution in [2.45, 2.75) is 6.43 Å². The van der Waals surface area contributed by atoms with Crippen LogP contribution in [-0.4, -0.2) is 6.21 Å². The number of hydrogen-bond acceptors (Lipinski definition) is 1. The summed E-state index contributed by atoms with van der Waals surface area (Å²) in [6.45, 7) is 0. The fourth-order valence-electron chi connectivity index (χ4n) is 0.841. The van der Waals surface area contributed by atoms with E-state index in [2.05, 4.69) is 0 Å². The molecule has 0 bridgehead atoms. The van der Waals surface area contributed by atoms with E-state index in [0.29, 0.717) is 0 Å². The fraction of sp³-hybridized carbons (Fsp3) is 0.125. The largest absolute Gasteiger partial charge is 0.308 e. The number of halogens is 2. The summed E-state index contributed by atoms with van der Waals surface area (Å²) in [7, 11) is 0. The summed E-state index contributed by atoms with van der Waals surface area (Å²) in [5.74, 6) is 0. The summed E-state index contributed by atoms with van der Waals surface area (Å²) in [5.41, 5.74) is 0.199. The molecule has 0 unspecified atom stereocenters. The first-order valence-electron chi connectivity index (χ1n) is 3.13. The summed E-state index contributed by atoms with van der Waals surface area (Å²) in [4.78, 5) is 0. The third-order valence-electron chi connectivity index (χ3n) is 1.39. The Kier molecular flexibility index (Phi) is 2.31. The Balaban J connectivity index is 3.12. The quantitative estimate of drug-likeness (QED) is 0.635. The van der Waals surface area contributed by atoms with Crippen LogP contribution in [0.15, 0.2) is 24.3 Å². The van der Waals surface area contributed by atoms with Gasteiger partial charge in [-0.3, -0.25) is 0 Å². The van der Waals surface area contributed by atoms with Crippen LogP contribution in [0.1, 0.15) is 17.6 Å². The molecule has 0 amide bonds. The molecular formula is C8H7F2N. The van der Waals surface area contributed by atoms with Crippen LogP contribution in [0.25, 0.3) is 0 Å². The minimum Gasteiger partial charge on any atom is -0.308 e. The normalized spacial score (nSPS) is 10.1. The summed E-state index contributed by atoms with van der Waals surface area (Å²) in [6.07, 6.45) is -1.56. The second-order valence-corrected chi connectivity index (χ2v) is 2.07. The van der Waals surface area contributed by atoms with Gasteiger partial charge in [-0.25, -0.2) is 8.78 Å². The lowest BCUT2D eigenvalue weighted by Gasteiger charge is -2.01. The van der Waals surface area contributed by atoms with E-state index in [4.69, 9.17) is 5.41 Å². The maximum absolute atomic E-state index is 12.1. The highest BCUT2D eigenvalue weighted by molar-refractivity contribution is 5.79. The van der Waals surface area contributed by atoms with Crippen LogP contribution < -0.4 is 0 Å². The van der Waals surface area contributed by atoms with Crippen molar-refractivity contribution < 1.29 is 8.78 Å². The van der Waals surface area contributed by atoms with E-state index in [1.54, 1.807) is 6.07 Å². The van der Waals surface area contributed by atoms with Crippen molar-refractivity contribution in [2.24, 2.45) is 0 Å².